The van der Waals surface area contributed by atoms with E-state index in [1.807, 2.05) is 6.20 Å². The number of amides is 2. The Morgan fingerprint density at radius 3 is 2.58 bits per heavy atom. The maximum Gasteiger partial charge on any atom is 0.315 e. The molecule has 2 fully saturated rings. The number of nitrogens with one attached hydrogen (secondary N) is 3. The highest BCUT2D eigenvalue weighted by Gasteiger charge is 2.36. The van der Waals surface area contributed by atoms with Crippen molar-refractivity contribution in [1.82, 2.24) is 20.8 Å². The monoisotopic (exact) mass is 330 g/mol. The third-order valence-corrected chi connectivity index (χ3v) is 6.65. The SMILES string of the molecule is O=C(NC1CCC2(CCCCC2)CC1)NC1CCc2cn[nH]c2C1. The van der Waals surface area contributed by atoms with E-state index >= 15 is 0 Å². The van der Waals surface area contributed by atoms with Crippen LogP contribution in [0.4, 0.5) is 4.79 Å². The summed E-state index contributed by atoms with van der Waals surface area (Å²) in [6.07, 6.45) is 16.8. The van der Waals surface area contributed by atoms with Crippen LogP contribution in [0.5, 0.6) is 0 Å². The van der Waals surface area contributed by atoms with E-state index in [0.717, 1.165) is 32.1 Å². The summed E-state index contributed by atoms with van der Waals surface area (Å²) in [5.41, 5.74) is 3.11. The molecular weight excluding hydrogens is 300 g/mol. The summed E-state index contributed by atoms with van der Waals surface area (Å²) in [6.45, 7) is 0. The molecule has 0 aromatic carbocycles. The molecule has 132 valence electrons. The van der Waals surface area contributed by atoms with Gasteiger partial charge >= 0.3 is 6.03 Å². The average Bonchev–Trinajstić information content (AvgIpc) is 3.06. The molecule has 1 unspecified atom stereocenters. The second-order valence-corrected chi connectivity index (χ2v) is 8.27. The lowest BCUT2D eigenvalue weighted by atomic mass is 9.64. The number of carbonyl (C=O) groups is 1. The first-order chi connectivity index (χ1) is 11.7. The van der Waals surface area contributed by atoms with Crippen LogP contribution in [0.15, 0.2) is 6.20 Å². The molecule has 3 N–H and O–H groups in total. The van der Waals surface area contributed by atoms with Gasteiger partial charge in [0, 0.05) is 24.2 Å². The first-order valence-corrected chi connectivity index (χ1v) is 9.81. The van der Waals surface area contributed by atoms with Crippen LogP contribution >= 0.6 is 0 Å². The summed E-state index contributed by atoms with van der Waals surface area (Å²) in [5, 5.41) is 13.6. The minimum absolute atomic E-state index is 0.0209. The second kappa shape index (κ2) is 6.77. The predicted octanol–water partition coefficient (Wildman–Crippen LogP) is 3.46. The van der Waals surface area contributed by atoms with Crippen molar-refractivity contribution in [1.29, 1.82) is 0 Å². The third-order valence-electron chi connectivity index (χ3n) is 6.65. The van der Waals surface area contributed by atoms with Crippen LogP contribution < -0.4 is 10.6 Å². The quantitative estimate of drug-likeness (QED) is 0.777. The molecule has 5 heteroatoms. The summed E-state index contributed by atoms with van der Waals surface area (Å²) in [5.74, 6) is 0. The molecule has 0 aliphatic heterocycles. The fourth-order valence-corrected chi connectivity index (χ4v) is 5.12. The maximum atomic E-state index is 12.3. The van der Waals surface area contributed by atoms with Crippen LogP contribution in [0, 0.1) is 5.41 Å². The number of carbonyl (C=O) groups excluding carboxylic acids is 1. The summed E-state index contributed by atoms with van der Waals surface area (Å²) in [4.78, 5) is 12.3. The zero-order valence-electron chi connectivity index (χ0n) is 14.6. The van der Waals surface area contributed by atoms with E-state index < -0.39 is 0 Å². The smallest absolute Gasteiger partial charge is 0.315 e. The molecule has 1 aromatic heterocycles. The first kappa shape index (κ1) is 16.0. The molecule has 1 aromatic rings. The van der Waals surface area contributed by atoms with Gasteiger partial charge in [-0.15, -0.1) is 0 Å². The molecule has 2 amide bonds. The Morgan fingerprint density at radius 1 is 1.04 bits per heavy atom. The van der Waals surface area contributed by atoms with Crippen LogP contribution in [0.25, 0.3) is 0 Å². The lowest BCUT2D eigenvalue weighted by molar-refractivity contribution is 0.108. The van der Waals surface area contributed by atoms with E-state index in [2.05, 4.69) is 20.8 Å². The Hall–Kier alpha value is -1.52. The number of hydrogen-bond donors (Lipinski definition) is 3. The van der Waals surface area contributed by atoms with Gasteiger partial charge in [-0.25, -0.2) is 4.79 Å². The van der Waals surface area contributed by atoms with Crippen LogP contribution in [0.2, 0.25) is 0 Å². The molecule has 0 saturated heterocycles. The van der Waals surface area contributed by atoms with Crippen molar-refractivity contribution in [2.75, 3.05) is 0 Å². The van der Waals surface area contributed by atoms with Crippen LogP contribution in [0.3, 0.4) is 0 Å². The molecule has 2 saturated carbocycles. The van der Waals surface area contributed by atoms with E-state index in [0.29, 0.717) is 11.5 Å². The Kier molecular flexibility index (Phi) is 4.51. The zero-order chi connectivity index (χ0) is 16.4. The number of urea groups is 1. The van der Waals surface area contributed by atoms with Gasteiger partial charge in [0.2, 0.25) is 0 Å². The van der Waals surface area contributed by atoms with E-state index in [4.69, 9.17) is 0 Å². The fourth-order valence-electron chi connectivity index (χ4n) is 5.12. The number of aryl methyl sites for hydroxylation is 1. The second-order valence-electron chi connectivity index (χ2n) is 8.27. The molecule has 5 nitrogen and oxygen atoms in total. The topological polar surface area (TPSA) is 69.8 Å². The largest absolute Gasteiger partial charge is 0.335 e. The highest BCUT2D eigenvalue weighted by atomic mass is 16.2. The molecular formula is C19H30N4O. The molecule has 1 atom stereocenters. The van der Waals surface area contributed by atoms with Crippen LogP contribution in [0.1, 0.15) is 75.5 Å². The third kappa shape index (κ3) is 3.45. The normalized spacial score (nSPS) is 26.8. The van der Waals surface area contributed by atoms with Crippen molar-refractivity contribution in [3.63, 3.8) is 0 Å². The van der Waals surface area contributed by atoms with Crippen molar-refractivity contribution >= 4 is 6.03 Å². The Bertz CT molecular complexity index is 566. The lowest BCUT2D eigenvalue weighted by Crippen LogP contribution is -2.49. The average molecular weight is 330 g/mol. The molecule has 1 heterocycles. The van der Waals surface area contributed by atoms with Crippen LogP contribution in [-0.4, -0.2) is 28.3 Å². The summed E-state index contributed by atoms with van der Waals surface area (Å²) in [6, 6.07) is 0.614. The van der Waals surface area contributed by atoms with Gasteiger partial charge in [0.25, 0.3) is 0 Å². The van der Waals surface area contributed by atoms with Gasteiger partial charge in [0.15, 0.2) is 0 Å². The Balaban J connectivity index is 1.23. The Morgan fingerprint density at radius 2 is 1.79 bits per heavy atom. The van der Waals surface area contributed by atoms with E-state index in [-0.39, 0.29) is 12.1 Å². The highest BCUT2D eigenvalue weighted by Crippen LogP contribution is 2.47. The number of aromatic nitrogens is 2. The van der Waals surface area contributed by atoms with Crippen molar-refractivity contribution < 1.29 is 4.79 Å². The molecule has 3 aliphatic carbocycles. The zero-order valence-corrected chi connectivity index (χ0v) is 14.6. The highest BCUT2D eigenvalue weighted by molar-refractivity contribution is 5.74. The molecule has 1 spiro atoms. The van der Waals surface area contributed by atoms with Crippen molar-refractivity contribution in [2.45, 2.75) is 89.1 Å². The van der Waals surface area contributed by atoms with Gasteiger partial charge in [0.05, 0.1) is 6.20 Å². The summed E-state index contributed by atoms with van der Waals surface area (Å²) >= 11 is 0. The van der Waals surface area contributed by atoms with E-state index in [9.17, 15) is 4.79 Å². The number of aromatic amines is 1. The minimum Gasteiger partial charge on any atom is -0.335 e. The molecule has 0 radical (unpaired) electrons. The molecule has 24 heavy (non-hydrogen) atoms. The first-order valence-electron chi connectivity index (χ1n) is 9.81. The van der Waals surface area contributed by atoms with E-state index in [1.54, 1.807) is 0 Å². The standard InChI is InChI=1S/C19H30N4O/c24-18(22-16-5-4-14-13-20-23-17(14)12-16)21-15-6-10-19(11-7-15)8-2-1-3-9-19/h13,15-16H,1-12H2,(H,20,23)(H2,21,22,24). The summed E-state index contributed by atoms with van der Waals surface area (Å²) < 4.78 is 0. The number of nitrogens with zero attached hydrogens (tertiary/aromatic N) is 1. The van der Waals surface area contributed by atoms with Gasteiger partial charge in [-0.05, 0) is 62.3 Å². The van der Waals surface area contributed by atoms with E-state index in [1.165, 1.54) is 56.2 Å². The minimum atomic E-state index is 0.0209. The Labute approximate surface area is 144 Å². The van der Waals surface area contributed by atoms with Gasteiger partial charge in [-0.1, -0.05) is 19.3 Å². The molecule has 4 rings (SSSR count). The maximum absolute atomic E-state index is 12.3. The number of fused-ring (bicyclic) bond motifs is 1. The van der Waals surface area contributed by atoms with Gasteiger partial charge in [0.1, 0.15) is 0 Å². The van der Waals surface area contributed by atoms with Crippen molar-refractivity contribution in [3.05, 3.63) is 17.5 Å². The van der Waals surface area contributed by atoms with Gasteiger partial charge < -0.3 is 10.6 Å². The van der Waals surface area contributed by atoms with Crippen molar-refractivity contribution in [2.24, 2.45) is 5.41 Å². The van der Waals surface area contributed by atoms with Gasteiger partial charge in [-0.2, -0.15) is 5.10 Å². The number of H-pyrrole nitrogens is 1. The number of hydrogen-bond acceptors (Lipinski definition) is 2. The summed E-state index contributed by atoms with van der Waals surface area (Å²) in [7, 11) is 0. The molecule has 3 aliphatic rings. The van der Waals surface area contributed by atoms with Gasteiger partial charge in [-0.3, -0.25) is 5.10 Å². The number of rotatable bonds is 2. The molecule has 0 bridgehead atoms. The van der Waals surface area contributed by atoms with Crippen LogP contribution in [-0.2, 0) is 12.8 Å². The van der Waals surface area contributed by atoms with Crippen molar-refractivity contribution in [3.8, 4) is 0 Å². The predicted molar refractivity (Wildman–Crippen MR) is 93.8 cm³/mol. The lowest BCUT2D eigenvalue weighted by Gasteiger charge is -2.43. The fraction of sp³-hybridized carbons (Fsp3) is 0.789.